The van der Waals surface area contributed by atoms with Crippen LogP contribution in [0, 0.1) is 0 Å². The van der Waals surface area contributed by atoms with Crippen LogP contribution < -0.4 is 5.32 Å². The Hall–Kier alpha value is -3.52. The maximum absolute atomic E-state index is 3.73. The van der Waals surface area contributed by atoms with E-state index >= 15 is 0 Å². The number of hydrogen-bond acceptors (Lipinski definition) is 1. The number of para-hydroxylation sites is 2. The highest BCUT2D eigenvalue weighted by molar-refractivity contribution is 6.10. The first-order chi connectivity index (χ1) is 16.1. The van der Waals surface area contributed by atoms with E-state index in [1.807, 2.05) is 0 Å². The molecule has 1 heterocycles. The van der Waals surface area contributed by atoms with Gasteiger partial charge in [-0.15, -0.1) is 0 Å². The fraction of sp³-hybridized carbons (Fsp3) is 0.250. The third-order valence-corrected chi connectivity index (χ3v) is 6.64. The molecule has 2 nitrogen and oxygen atoms in total. The molecule has 4 aromatic carbocycles. The Bertz CT molecular complexity index is 1440. The molecular weight excluding hydrogens is 412 g/mol. The van der Waals surface area contributed by atoms with E-state index in [4.69, 9.17) is 0 Å². The lowest BCUT2D eigenvalue weighted by atomic mass is 9.80. The Labute approximate surface area is 203 Å². The van der Waals surface area contributed by atoms with Crippen LogP contribution in [-0.4, -0.2) is 4.57 Å². The van der Waals surface area contributed by atoms with Gasteiger partial charge in [-0.25, -0.2) is 0 Å². The molecule has 0 unspecified atom stereocenters. The molecule has 0 aliphatic heterocycles. The van der Waals surface area contributed by atoms with Gasteiger partial charge in [-0.05, 0) is 64.4 Å². The summed E-state index contributed by atoms with van der Waals surface area (Å²) in [6, 6.07) is 33.0. The second-order valence-electron chi connectivity index (χ2n) is 11.3. The van der Waals surface area contributed by atoms with Gasteiger partial charge in [-0.3, -0.25) is 0 Å². The number of aromatic nitrogens is 1. The first-order valence-electron chi connectivity index (χ1n) is 12.1. The van der Waals surface area contributed by atoms with Crippen LogP contribution in [0.3, 0.4) is 0 Å². The van der Waals surface area contributed by atoms with Gasteiger partial charge in [-0.1, -0.05) is 90.1 Å². The lowest BCUT2D eigenvalue weighted by molar-refractivity contribution is 0.569. The van der Waals surface area contributed by atoms with Crippen LogP contribution in [0.25, 0.3) is 27.5 Å². The molecular formula is C32H34N2. The number of fused-ring (bicyclic) bond motifs is 3. The highest BCUT2D eigenvalue weighted by Gasteiger charge is 2.21. The molecule has 0 aliphatic rings. The summed E-state index contributed by atoms with van der Waals surface area (Å²) in [5, 5.41) is 6.27. The molecule has 0 radical (unpaired) electrons. The molecule has 34 heavy (non-hydrogen) atoms. The zero-order valence-corrected chi connectivity index (χ0v) is 21.1. The number of nitrogens with zero attached hydrogens (tertiary/aromatic N) is 1. The molecule has 0 saturated heterocycles. The molecule has 0 bridgehead atoms. The van der Waals surface area contributed by atoms with Crippen molar-refractivity contribution in [2.75, 3.05) is 5.32 Å². The van der Waals surface area contributed by atoms with Gasteiger partial charge in [-0.2, -0.15) is 0 Å². The SMILES string of the molecule is CC(C)(C)c1cc(Nc2ccc3c4ccccc4n(-c4ccccc4)c3c2)cc(C(C)(C)C)c1. The van der Waals surface area contributed by atoms with Crippen molar-refractivity contribution in [1.29, 1.82) is 0 Å². The fourth-order valence-electron chi connectivity index (χ4n) is 4.64. The molecule has 5 rings (SSSR count). The minimum atomic E-state index is 0.0847. The number of rotatable bonds is 3. The largest absolute Gasteiger partial charge is 0.355 e. The van der Waals surface area contributed by atoms with Gasteiger partial charge in [0, 0.05) is 27.8 Å². The third-order valence-electron chi connectivity index (χ3n) is 6.64. The van der Waals surface area contributed by atoms with E-state index in [1.165, 1.54) is 38.6 Å². The number of hydrogen-bond donors (Lipinski definition) is 1. The maximum atomic E-state index is 3.73. The normalized spacial score (nSPS) is 12.4. The number of benzene rings is 4. The number of nitrogens with one attached hydrogen (secondary N) is 1. The van der Waals surface area contributed by atoms with Crippen molar-refractivity contribution < 1.29 is 0 Å². The Morgan fingerprint density at radius 2 is 1.12 bits per heavy atom. The molecule has 1 N–H and O–H groups in total. The van der Waals surface area contributed by atoms with Crippen molar-refractivity contribution in [2.24, 2.45) is 0 Å². The van der Waals surface area contributed by atoms with E-state index in [-0.39, 0.29) is 10.8 Å². The second-order valence-corrected chi connectivity index (χ2v) is 11.3. The molecule has 5 aromatic rings. The monoisotopic (exact) mass is 446 g/mol. The predicted octanol–water partition coefficient (Wildman–Crippen LogP) is 9.12. The van der Waals surface area contributed by atoms with Crippen LogP contribution in [-0.2, 0) is 10.8 Å². The molecule has 2 heteroatoms. The van der Waals surface area contributed by atoms with Gasteiger partial charge in [0.2, 0.25) is 0 Å². The molecule has 1 aromatic heterocycles. The van der Waals surface area contributed by atoms with Crippen molar-refractivity contribution in [3.05, 3.63) is 102 Å². The Kier molecular flexibility index (Phi) is 5.28. The Morgan fingerprint density at radius 3 is 1.76 bits per heavy atom. The van der Waals surface area contributed by atoms with E-state index < -0.39 is 0 Å². The van der Waals surface area contributed by atoms with Crippen molar-refractivity contribution in [3.63, 3.8) is 0 Å². The van der Waals surface area contributed by atoms with Gasteiger partial charge in [0.25, 0.3) is 0 Å². The predicted molar refractivity (Wildman–Crippen MR) is 148 cm³/mol. The summed E-state index contributed by atoms with van der Waals surface area (Å²) < 4.78 is 2.36. The van der Waals surface area contributed by atoms with Crippen LogP contribution in [0.4, 0.5) is 11.4 Å². The quantitative estimate of drug-likeness (QED) is 0.292. The first-order valence-corrected chi connectivity index (χ1v) is 12.1. The molecule has 172 valence electrons. The summed E-state index contributed by atoms with van der Waals surface area (Å²) in [6.45, 7) is 13.7. The lowest BCUT2D eigenvalue weighted by Gasteiger charge is -2.26. The van der Waals surface area contributed by atoms with E-state index in [0.717, 1.165) is 11.4 Å². The smallest absolute Gasteiger partial charge is 0.0561 e. The molecule has 0 amide bonds. The highest BCUT2D eigenvalue weighted by Crippen LogP contribution is 2.36. The summed E-state index contributed by atoms with van der Waals surface area (Å²) >= 11 is 0. The first kappa shape index (κ1) is 22.3. The maximum Gasteiger partial charge on any atom is 0.0561 e. The molecule has 0 fully saturated rings. The summed E-state index contributed by atoms with van der Waals surface area (Å²) in [5.41, 5.74) is 8.71. The van der Waals surface area contributed by atoms with Crippen LogP contribution in [0.1, 0.15) is 52.7 Å². The minimum absolute atomic E-state index is 0.0847. The van der Waals surface area contributed by atoms with Crippen molar-refractivity contribution in [3.8, 4) is 5.69 Å². The number of anilines is 2. The lowest BCUT2D eigenvalue weighted by Crippen LogP contribution is -2.16. The van der Waals surface area contributed by atoms with Crippen molar-refractivity contribution >= 4 is 33.2 Å². The van der Waals surface area contributed by atoms with Gasteiger partial charge < -0.3 is 9.88 Å². The third kappa shape index (κ3) is 4.09. The molecule has 0 spiro atoms. The standard InChI is InChI=1S/C32H34N2/c1-31(2,3)22-18-23(32(4,5)6)20-25(19-22)33-24-16-17-28-27-14-10-11-15-29(27)34(30(28)21-24)26-12-8-7-9-13-26/h7-21,33H,1-6H3. The highest BCUT2D eigenvalue weighted by atomic mass is 15.0. The average molecular weight is 447 g/mol. The molecule has 0 saturated carbocycles. The molecule has 0 atom stereocenters. The van der Waals surface area contributed by atoms with Crippen LogP contribution >= 0.6 is 0 Å². The summed E-state index contributed by atoms with van der Waals surface area (Å²) in [4.78, 5) is 0. The van der Waals surface area contributed by atoms with Crippen LogP contribution in [0.5, 0.6) is 0 Å². The Morgan fingerprint density at radius 1 is 0.529 bits per heavy atom. The average Bonchev–Trinajstić information content (AvgIpc) is 3.12. The zero-order valence-electron chi connectivity index (χ0n) is 21.1. The van der Waals surface area contributed by atoms with Gasteiger partial charge in [0.05, 0.1) is 11.0 Å². The van der Waals surface area contributed by atoms with E-state index in [0.29, 0.717) is 0 Å². The van der Waals surface area contributed by atoms with Crippen LogP contribution in [0.15, 0.2) is 91.0 Å². The van der Waals surface area contributed by atoms with Crippen LogP contribution in [0.2, 0.25) is 0 Å². The summed E-state index contributed by atoms with van der Waals surface area (Å²) in [7, 11) is 0. The summed E-state index contributed by atoms with van der Waals surface area (Å²) in [6.07, 6.45) is 0. The Balaban J connectivity index is 1.66. The van der Waals surface area contributed by atoms with Crippen molar-refractivity contribution in [1.82, 2.24) is 4.57 Å². The zero-order chi connectivity index (χ0) is 24.1. The molecule has 0 aliphatic carbocycles. The second kappa shape index (κ2) is 8.06. The van der Waals surface area contributed by atoms with Gasteiger partial charge in [0.1, 0.15) is 0 Å². The van der Waals surface area contributed by atoms with E-state index in [1.54, 1.807) is 0 Å². The minimum Gasteiger partial charge on any atom is -0.355 e. The van der Waals surface area contributed by atoms with Gasteiger partial charge in [0.15, 0.2) is 0 Å². The topological polar surface area (TPSA) is 17.0 Å². The van der Waals surface area contributed by atoms with Gasteiger partial charge >= 0.3 is 0 Å². The van der Waals surface area contributed by atoms with E-state index in [2.05, 4.69) is 142 Å². The van der Waals surface area contributed by atoms with Crippen molar-refractivity contribution in [2.45, 2.75) is 52.4 Å². The summed E-state index contributed by atoms with van der Waals surface area (Å²) in [5.74, 6) is 0. The van der Waals surface area contributed by atoms with E-state index in [9.17, 15) is 0 Å². The fourth-order valence-corrected chi connectivity index (χ4v) is 4.64.